The second-order valence-electron chi connectivity index (χ2n) is 6.50. The van der Waals surface area contributed by atoms with Gasteiger partial charge in [0, 0.05) is 56.1 Å². The molecule has 0 saturated carbocycles. The van der Waals surface area contributed by atoms with Crippen LogP contribution in [0.2, 0.25) is 0 Å². The molecular formula is C19H27N3OS. The second-order valence-corrected chi connectivity index (χ2v) is 7.49. The van der Waals surface area contributed by atoms with Crippen molar-refractivity contribution in [2.75, 3.05) is 50.6 Å². The molecule has 0 bridgehead atoms. The van der Waals surface area contributed by atoms with Gasteiger partial charge in [-0.05, 0) is 54.7 Å². The predicted octanol–water partition coefficient (Wildman–Crippen LogP) is 3.57. The maximum atomic E-state index is 5.18. The number of methoxy groups -OCH3 is 1. The Morgan fingerprint density at radius 1 is 1.17 bits per heavy atom. The topological polar surface area (TPSA) is 27.7 Å². The van der Waals surface area contributed by atoms with Crippen molar-refractivity contribution in [2.24, 2.45) is 0 Å². The van der Waals surface area contributed by atoms with E-state index >= 15 is 0 Å². The minimum Gasteiger partial charge on any atom is -0.380 e. The zero-order valence-electron chi connectivity index (χ0n) is 14.8. The zero-order valence-corrected chi connectivity index (χ0v) is 15.7. The van der Waals surface area contributed by atoms with Crippen molar-refractivity contribution < 1.29 is 4.74 Å². The Morgan fingerprint density at radius 2 is 1.96 bits per heavy atom. The largest absolute Gasteiger partial charge is 0.380 e. The molecule has 130 valence electrons. The molecule has 4 nitrogen and oxygen atoms in total. The van der Waals surface area contributed by atoms with E-state index in [1.165, 1.54) is 27.4 Å². The fourth-order valence-electron chi connectivity index (χ4n) is 3.05. The molecule has 2 aromatic rings. The lowest BCUT2D eigenvalue weighted by atomic mass is 10.1. The Morgan fingerprint density at radius 3 is 2.67 bits per heavy atom. The number of thiophene rings is 1. The number of ether oxygens (including phenoxy) is 1. The van der Waals surface area contributed by atoms with Crippen LogP contribution >= 0.6 is 11.3 Å². The SMILES string of the molecule is COCc1csc(CNc2ccc(N3CCN(C)CC3)cc2C)c1. The summed E-state index contributed by atoms with van der Waals surface area (Å²) >= 11 is 1.79. The third kappa shape index (κ3) is 4.29. The van der Waals surface area contributed by atoms with Gasteiger partial charge in [-0.15, -0.1) is 11.3 Å². The number of nitrogens with zero attached hydrogens (tertiary/aromatic N) is 2. The van der Waals surface area contributed by atoms with E-state index in [0.29, 0.717) is 6.61 Å². The third-order valence-electron chi connectivity index (χ3n) is 4.55. The van der Waals surface area contributed by atoms with Crippen LogP contribution < -0.4 is 10.2 Å². The van der Waals surface area contributed by atoms with Crippen LogP contribution in [0, 0.1) is 6.92 Å². The van der Waals surface area contributed by atoms with E-state index in [1.54, 1.807) is 18.4 Å². The van der Waals surface area contributed by atoms with Gasteiger partial charge in [-0.1, -0.05) is 0 Å². The van der Waals surface area contributed by atoms with Crippen LogP contribution in [-0.4, -0.2) is 45.2 Å². The van der Waals surface area contributed by atoms with E-state index in [9.17, 15) is 0 Å². The van der Waals surface area contributed by atoms with Gasteiger partial charge in [0.05, 0.1) is 6.61 Å². The minimum atomic E-state index is 0.690. The monoisotopic (exact) mass is 345 g/mol. The van der Waals surface area contributed by atoms with Gasteiger partial charge >= 0.3 is 0 Å². The molecule has 3 rings (SSSR count). The summed E-state index contributed by atoms with van der Waals surface area (Å²) < 4.78 is 5.18. The van der Waals surface area contributed by atoms with E-state index in [2.05, 4.69) is 58.7 Å². The van der Waals surface area contributed by atoms with Gasteiger partial charge in [0.1, 0.15) is 0 Å². The van der Waals surface area contributed by atoms with Crippen LogP contribution in [0.4, 0.5) is 11.4 Å². The smallest absolute Gasteiger partial charge is 0.0721 e. The van der Waals surface area contributed by atoms with Gasteiger partial charge in [-0.25, -0.2) is 0 Å². The maximum absolute atomic E-state index is 5.18. The van der Waals surface area contributed by atoms with Gasteiger partial charge in [-0.2, -0.15) is 0 Å². The highest BCUT2D eigenvalue weighted by Gasteiger charge is 2.14. The summed E-state index contributed by atoms with van der Waals surface area (Å²) in [5.74, 6) is 0. The number of nitrogens with one attached hydrogen (secondary N) is 1. The molecule has 0 atom stereocenters. The molecule has 1 aliphatic rings. The molecule has 1 fully saturated rings. The molecule has 0 aliphatic carbocycles. The maximum Gasteiger partial charge on any atom is 0.0721 e. The van der Waals surface area contributed by atoms with Crippen molar-refractivity contribution in [3.63, 3.8) is 0 Å². The van der Waals surface area contributed by atoms with Gasteiger partial charge in [0.2, 0.25) is 0 Å². The molecule has 1 N–H and O–H groups in total. The van der Waals surface area contributed by atoms with Crippen LogP contribution in [0.5, 0.6) is 0 Å². The highest BCUT2D eigenvalue weighted by Crippen LogP contribution is 2.25. The van der Waals surface area contributed by atoms with Crippen LogP contribution in [0.1, 0.15) is 16.0 Å². The number of likely N-dealkylation sites (N-methyl/N-ethyl adjacent to an activating group) is 1. The Kier molecular flexibility index (Phi) is 5.76. The van der Waals surface area contributed by atoms with Crippen LogP contribution in [0.15, 0.2) is 29.6 Å². The van der Waals surface area contributed by atoms with E-state index in [1.807, 2.05) is 0 Å². The molecule has 0 spiro atoms. The number of hydrogen-bond donors (Lipinski definition) is 1. The Bertz CT molecular complexity index is 662. The quantitative estimate of drug-likeness (QED) is 0.866. The summed E-state index contributed by atoms with van der Waals surface area (Å²) in [5, 5.41) is 5.74. The van der Waals surface area contributed by atoms with Gasteiger partial charge in [0.25, 0.3) is 0 Å². The van der Waals surface area contributed by atoms with Crippen LogP contribution in [0.3, 0.4) is 0 Å². The molecule has 5 heteroatoms. The van der Waals surface area contributed by atoms with Gasteiger partial charge in [0.15, 0.2) is 0 Å². The molecular weight excluding hydrogens is 318 g/mol. The van der Waals surface area contributed by atoms with Crippen molar-refractivity contribution in [3.05, 3.63) is 45.6 Å². The van der Waals surface area contributed by atoms with Crippen molar-refractivity contribution in [2.45, 2.75) is 20.1 Å². The van der Waals surface area contributed by atoms with E-state index in [-0.39, 0.29) is 0 Å². The fourth-order valence-corrected chi connectivity index (χ4v) is 3.86. The third-order valence-corrected chi connectivity index (χ3v) is 5.54. The van der Waals surface area contributed by atoms with E-state index < -0.39 is 0 Å². The standard InChI is InChI=1S/C19H27N3OS/c1-15-10-17(22-8-6-21(2)7-9-22)4-5-19(15)20-12-18-11-16(13-23-3)14-24-18/h4-5,10-11,14,20H,6-9,12-13H2,1-3H3. The molecule has 1 aromatic carbocycles. The van der Waals surface area contributed by atoms with Crippen molar-refractivity contribution >= 4 is 22.7 Å². The van der Waals surface area contributed by atoms with Crippen LogP contribution in [-0.2, 0) is 17.9 Å². The molecule has 1 saturated heterocycles. The lowest BCUT2D eigenvalue weighted by molar-refractivity contribution is 0.185. The van der Waals surface area contributed by atoms with Crippen molar-refractivity contribution in [3.8, 4) is 0 Å². The summed E-state index contributed by atoms with van der Waals surface area (Å²) in [5.41, 5.74) is 5.11. The summed E-state index contributed by atoms with van der Waals surface area (Å²) in [4.78, 5) is 6.20. The first-order valence-electron chi connectivity index (χ1n) is 8.49. The Balaban J connectivity index is 1.60. The number of benzene rings is 1. The van der Waals surface area contributed by atoms with Crippen molar-refractivity contribution in [1.82, 2.24) is 4.90 Å². The van der Waals surface area contributed by atoms with Gasteiger partial charge < -0.3 is 19.9 Å². The lowest BCUT2D eigenvalue weighted by Crippen LogP contribution is -2.44. The number of piperazine rings is 1. The molecule has 1 aromatic heterocycles. The lowest BCUT2D eigenvalue weighted by Gasteiger charge is -2.34. The van der Waals surface area contributed by atoms with E-state index in [0.717, 1.165) is 32.7 Å². The molecule has 0 amide bonds. The average Bonchev–Trinajstić information content (AvgIpc) is 3.02. The first kappa shape index (κ1) is 17.3. The average molecular weight is 346 g/mol. The molecule has 1 aliphatic heterocycles. The number of anilines is 2. The van der Waals surface area contributed by atoms with Crippen molar-refractivity contribution in [1.29, 1.82) is 0 Å². The number of aryl methyl sites for hydroxylation is 1. The summed E-state index contributed by atoms with van der Waals surface area (Å²) in [6.45, 7) is 8.24. The second kappa shape index (κ2) is 8.01. The van der Waals surface area contributed by atoms with Crippen LogP contribution in [0.25, 0.3) is 0 Å². The summed E-state index contributed by atoms with van der Waals surface area (Å²) in [6, 6.07) is 8.98. The number of hydrogen-bond acceptors (Lipinski definition) is 5. The fraction of sp³-hybridized carbons (Fsp3) is 0.474. The number of rotatable bonds is 6. The van der Waals surface area contributed by atoms with E-state index in [4.69, 9.17) is 4.74 Å². The summed E-state index contributed by atoms with van der Waals surface area (Å²) in [7, 11) is 3.93. The highest BCUT2D eigenvalue weighted by atomic mass is 32.1. The molecule has 24 heavy (non-hydrogen) atoms. The Labute approximate surface area is 149 Å². The normalized spacial score (nSPS) is 15.7. The first-order chi connectivity index (χ1) is 11.7. The van der Waals surface area contributed by atoms with Gasteiger partial charge in [-0.3, -0.25) is 0 Å². The highest BCUT2D eigenvalue weighted by molar-refractivity contribution is 7.10. The first-order valence-corrected chi connectivity index (χ1v) is 9.37. The summed E-state index contributed by atoms with van der Waals surface area (Å²) in [6.07, 6.45) is 0. The Hall–Kier alpha value is -1.56. The zero-order chi connectivity index (χ0) is 16.9. The molecule has 0 radical (unpaired) electrons. The molecule has 2 heterocycles. The molecule has 0 unspecified atom stereocenters. The predicted molar refractivity (Wildman–Crippen MR) is 103 cm³/mol. The minimum absolute atomic E-state index is 0.690.